The minimum absolute atomic E-state index is 0.0402. The standard InChI is InChI=1S/C11H11ClFNO2/c12-7-1-2-10(13)9(5-7)11(16)14-4-3-8(15)6-14/h1-2,5,8,15H,3-4,6H2. The Balaban J connectivity index is 2.23. The Hall–Kier alpha value is -1.13. The normalized spacial score (nSPS) is 20.2. The van der Waals surface area contributed by atoms with E-state index in [0.29, 0.717) is 18.0 Å². The largest absolute Gasteiger partial charge is 0.391 e. The average molecular weight is 244 g/mol. The van der Waals surface area contributed by atoms with Crippen LogP contribution < -0.4 is 0 Å². The van der Waals surface area contributed by atoms with Crippen LogP contribution in [0.15, 0.2) is 18.2 Å². The monoisotopic (exact) mass is 243 g/mol. The highest BCUT2D eigenvalue weighted by molar-refractivity contribution is 6.31. The lowest BCUT2D eigenvalue weighted by atomic mass is 10.2. The van der Waals surface area contributed by atoms with E-state index in [0.717, 1.165) is 0 Å². The minimum atomic E-state index is -0.587. The fourth-order valence-electron chi connectivity index (χ4n) is 1.76. The van der Waals surface area contributed by atoms with Crippen molar-refractivity contribution in [2.75, 3.05) is 13.1 Å². The zero-order chi connectivity index (χ0) is 11.7. The first-order chi connectivity index (χ1) is 7.58. The van der Waals surface area contributed by atoms with E-state index in [9.17, 15) is 14.3 Å². The summed E-state index contributed by atoms with van der Waals surface area (Å²) in [6, 6.07) is 3.87. The summed E-state index contributed by atoms with van der Waals surface area (Å²) in [5.41, 5.74) is -0.0402. The Kier molecular flexibility index (Phi) is 3.12. The molecule has 1 fully saturated rings. The number of halogens is 2. The third-order valence-electron chi connectivity index (χ3n) is 2.61. The van der Waals surface area contributed by atoms with Crippen LogP contribution in [0, 0.1) is 5.82 Å². The molecule has 1 aliphatic rings. The van der Waals surface area contributed by atoms with Crippen molar-refractivity contribution < 1.29 is 14.3 Å². The third-order valence-corrected chi connectivity index (χ3v) is 2.84. The van der Waals surface area contributed by atoms with Crippen LogP contribution in [0.4, 0.5) is 4.39 Å². The molecule has 1 atom stereocenters. The van der Waals surface area contributed by atoms with Gasteiger partial charge in [-0.05, 0) is 24.6 Å². The molecule has 1 heterocycles. The number of hydrogen-bond donors (Lipinski definition) is 1. The zero-order valence-electron chi connectivity index (χ0n) is 8.49. The fraction of sp³-hybridized carbons (Fsp3) is 0.364. The molecule has 1 N–H and O–H groups in total. The highest BCUT2D eigenvalue weighted by Gasteiger charge is 2.27. The Morgan fingerprint density at radius 1 is 1.56 bits per heavy atom. The van der Waals surface area contributed by atoms with E-state index in [2.05, 4.69) is 0 Å². The second-order valence-electron chi connectivity index (χ2n) is 3.82. The maximum Gasteiger partial charge on any atom is 0.256 e. The lowest BCUT2D eigenvalue weighted by Crippen LogP contribution is -2.30. The van der Waals surface area contributed by atoms with Gasteiger partial charge in [0.25, 0.3) is 5.91 Å². The predicted octanol–water partition coefficient (Wildman–Crippen LogP) is 1.69. The lowest BCUT2D eigenvalue weighted by Gasteiger charge is -2.15. The van der Waals surface area contributed by atoms with Gasteiger partial charge in [-0.3, -0.25) is 4.79 Å². The number of aliphatic hydroxyl groups excluding tert-OH is 1. The van der Waals surface area contributed by atoms with E-state index in [4.69, 9.17) is 11.6 Å². The van der Waals surface area contributed by atoms with Gasteiger partial charge in [0.1, 0.15) is 5.82 Å². The maximum absolute atomic E-state index is 13.4. The van der Waals surface area contributed by atoms with Gasteiger partial charge in [-0.2, -0.15) is 0 Å². The summed E-state index contributed by atoms with van der Waals surface area (Å²) in [5, 5.41) is 9.63. The van der Waals surface area contributed by atoms with E-state index < -0.39 is 17.8 Å². The Bertz CT molecular complexity index is 424. The van der Waals surface area contributed by atoms with Crippen molar-refractivity contribution in [1.82, 2.24) is 4.90 Å². The number of likely N-dealkylation sites (tertiary alicyclic amines) is 1. The van der Waals surface area contributed by atoms with E-state index in [1.165, 1.54) is 23.1 Å². The highest BCUT2D eigenvalue weighted by Crippen LogP contribution is 2.19. The molecule has 1 unspecified atom stereocenters. The first kappa shape index (κ1) is 11.4. The molecule has 1 aromatic rings. The van der Waals surface area contributed by atoms with Gasteiger partial charge < -0.3 is 10.0 Å². The quantitative estimate of drug-likeness (QED) is 0.815. The van der Waals surface area contributed by atoms with Crippen LogP contribution in [0.3, 0.4) is 0 Å². The molecule has 0 aliphatic carbocycles. The van der Waals surface area contributed by atoms with Crippen LogP contribution in [0.2, 0.25) is 5.02 Å². The first-order valence-corrected chi connectivity index (χ1v) is 5.38. The third kappa shape index (κ3) is 2.18. The molecule has 0 bridgehead atoms. The Morgan fingerprint density at radius 3 is 2.94 bits per heavy atom. The molecule has 16 heavy (non-hydrogen) atoms. The van der Waals surface area contributed by atoms with Crippen LogP contribution in [0.5, 0.6) is 0 Å². The van der Waals surface area contributed by atoms with Gasteiger partial charge in [0.05, 0.1) is 11.7 Å². The van der Waals surface area contributed by atoms with Crippen molar-refractivity contribution in [3.8, 4) is 0 Å². The van der Waals surface area contributed by atoms with Gasteiger partial charge in [-0.25, -0.2) is 4.39 Å². The van der Waals surface area contributed by atoms with Crippen molar-refractivity contribution in [3.63, 3.8) is 0 Å². The molecule has 1 amide bonds. The summed E-state index contributed by atoms with van der Waals surface area (Å²) in [7, 11) is 0. The number of nitrogens with zero attached hydrogens (tertiary/aromatic N) is 1. The van der Waals surface area contributed by atoms with E-state index >= 15 is 0 Å². The molecule has 1 saturated heterocycles. The molecule has 0 radical (unpaired) electrons. The summed E-state index contributed by atoms with van der Waals surface area (Å²) in [5.74, 6) is -1.01. The minimum Gasteiger partial charge on any atom is -0.391 e. The number of aliphatic hydroxyl groups is 1. The van der Waals surface area contributed by atoms with Gasteiger partial charge in [-0.15, -0.1) is 0 Å². The van der Waals surface area contributed by atoms with Gasteiger partial charge in [0, 0.05) is 18.1 Å². The number of amides is 1. The topological polar surface area (TPSA) is 40.5 Å². The van der Waals surface area contributed by atoms with Crippen LogP contribution in [0.1, 0.15) is 16.8 Å². The van der Waals surface area contributed by atoms with Crippen LogP contribution in [0.25, 0.3) is 0 Å². The number of carbonyl (C=O) groups is 1. The van der Waals surface area contributed by atoms with Crippen LogP contribution >= 0.6 is 11.6 Å². The van der Waals surface area contributed by atoms with E-state index in [-0.39, 0.29) is 12.1 Å². The summed E-state index contributed by atoms with van der Waals surface area (Å²) >= 11 is 5.71. The number of β-amino-alcohol motifs (C(OH)–C–C–N with tert-alkyl or cyclic N) is 1. The van der Waals surface area contributed by atoms with Crippen LogP contribution in [-0.4, -0.2) is 35.1 Å². The molecule has 0 aromatic heterocycles. The molecular weight excluding hydrogens is 233 g/mol. The fourth-order valence-corrected chi connectivity index (χ4v) is 1.93. The molecular formula is C11H11ClFNO2. The second kappa shape index (κ2) is 4.39. The number of rotatable bonds is 1. The van der Waals surface area contributed by atoms with Gasteiger partial charge in [-0.1, -0.05) is 11.6 Å². The molecule has 3 nitrogen and oxygen atoms in total. The molecule has 2 rings (SSSR count). The van der Waals surface area contributed by atoms with Crippen molar-refractivity contribution >= 4 is 17.5 Å². The average Bonchev–Trinajstić information content (AvgIpc) is 2.67. The summed E-state index contributed by atoms with van der Waals surface area (Å²) in [4.78, 5) is 13.3. The number of carbonyl (C=O) groups excluding carboxylic acids is 1. The number of benzene rings is 1. The Morgan fingerprint density at radius 2 is 2.31 bits per heavy atom. The molecule has 1 aromatic carbocycles. The molecule has 0 saturated carbocycles. The lowest BCUT2D eigenvalue weighted by molar-refractivity contribution is 0.0760. The molecule has 1 aliphatic heterocycles. The Labute approximate surface area is 97.4 Å². The smallest absolute Gasteiger partial charge is 0.256 e. The van der Waals surface area contributed by atoms with Crippen molar-refractivity contribution in [1.29, 1.82) is 0 Å². The van der Waals surface area contributed by atoms with Crippen LogP contribution in [-0.2, 0) is 0 Å². The number of hydrogen-bond acceptors (Lipinski definition) is 2. The first-order valence-electron chi connectivity index (χ1n) is 5.00. The van der Waals surface area contributed by atoms with Gasteiger partial charge in [0.2, 0.25) is 0 Å². The van der Waals surface area contributed by atoms with Crippen molar-refractivity contribution in [2.45, 2.75) is 12.5 Å². The van der Waals surface area contributed by atoms with E-state index in [1.54, 1.807) is 0 Å². The molecule has 5 heteroatoms. The summed E-state index contributed by atoms with van der Waals surface area (Å²) < 4.78 is 13.4. The predicted molar refractivity (Wildman–Crippen MR) is 57.9 cm³/mol. The van der Waals surface area contributed by atoms with Crippen molar-refractivity contribution in [3.05, 3.63) is 34.6 Å². The van der Waals surface area contributed by atoms with E-state index in [1.807, 2.05) is 0 Å². The highest BCUT2D eigenvalue weighted by atomic mass is 35.5. The maximum atomic E-state index is 13.4. The SMILES string of the molecule is O=C(c1cc(Cl)ccc1F)N1CCC(O)C1. The molecule has 86 valence electrons. The van der Waals surface area contributed by atoms with Gasteiger partial charge in [0.15, 0.2) is 0 Å². The zero-order valence-corrected chi connectivity index (χ0v) is 9.25. The second-order valence-corrected chi connectivity index (χ2v) is 4.25. The molecule has 0 spiro atoms. The van der Waals surface area contributed by atoms with Crippen molar-refractivity contribution in [2.24, 2.45) is 0 Å². The van der Waals surface area contributed by atoms with Gasteiger partial charge >= 0.3 is 0 Å². The summed E-state index contributed by atoms with van der Waals surface area (Å²) in [6.07, 6.45) is 0.0275. The summed E-state index contributed by atoms with van der Waals surface area (Å²) in [6.45, 7) is 0.705.